The van der Waals surface area contributed by atoms with Gasteiger partial charge in [0.1, 0.15) is 5.75 Å². The lowest BCUT2D eigenvalue weighted by Gasteiger charge is -2.02. The maximum atomic E-state index is 10.5. The van der Waals surface area contributed by atoms with E-state index < -0.39 is 0 Å². The molecule has 0 aromatic heterocycles. The summed E-state index contributed by atoms with van der Waals surface area (Å²) in [4.78, 5) is 10.5. The second-order valence-electron chi connectivity index (χ2n) is 2.36. The van der Waals surface area contributed by atoms with Gasteiger partial charge in [-0.3, -0.25) is 4.79 Å². The molecule has 0 fully saturated rings. The number of carbonyl (C=O) groups excluding carboxylic acids is 1. The van der Waals surface area contributed by atoms with Crippen LogP contribution in [-0.2, 0) is 4.79 Å². The smallest absolute Gasteiger partial charge is 0.308 e. The highest BCUT2D eigenvalue weighted by molar-refractivity contribution is 5.69. The first-order valence-corrected chi connectivity index (χ1v) is 4.44. The molecule has 0 atom stereocenters. The first-order chi connectivity index (χ1) is 6.20. The van der Waals surface area contributed by atoms with Crippen LogP contribution in [0.2, 0.25) is 0 Å². The van der Waals surface area contributed by atoms with Gasteiger partial charge >= 0.3 is 5.97 Å². The number of hydrogen-bond acceptors (Lipinski definition) is 2. The molecular formula is C11H16O2. The Kier molecular flexibility index (Phi) is 5.60. The van der Waals surface area contributed by atoms with Crippen molar-refractivity contribution in [1.82, 2.24) is 0 Å². The molecule has 13 heavy (non-hydrogen) atoms. The monoisotopic (exact) mass is 180 g/mol. The van der Waals surface area contributed by atoms with Crippen molar-refractivity contribution in [2.24, 2.45) is 0 Å². The Morgan fingerprint density at radius 1 is 1.23 bits per heavy atom. The van der Waals surface area contributed by atoms with E-state index in [9.17, 15) is 4.79 Å². The number of ether oxygens (including phenoxy) is 1. The summed E-state index contributed by atoms with van der Waals surface area (Å²) in [5.41, 5.74) is 0.975. The highest BCUT2D eigenvalue weighted by Gasteiger charge is 1.99. The molecular weight excluding hydrogens is 164 g/mol. The molecule has 0 aliphatic heterocycles. The molecule has 0 saturated carbocycles. The summed E-state index contributed by atoms with van der Waals surface area (Å²) in [5.74, 6) is 0.360. The number of carbonyl (C=O) groups is 1. The zero-order valence-electron chi connectivity index (χ0n) is 8.63. The van der Waals surface area contributed by atoms with Crippen LogP contribution in [0.4, 0.5) is 0 Å². The predicted molar refractivity (Wildman–Crippen MR) is 53.8 cm³/mol. The summed E-state index contributed by atoms with van der Waals surface area (Å²) in [6.07, 6.45) is 0. The Bertz CT molecular complexity index is 267. The van der Waals surface area contributed by atoms with Gasteiger partial charge < -0.3 is 4.74 Å². The van der Waals surface area contributed by atoms with Gasteiger partial charge in [0.15, 0.2) is 0 Å². The SMILES string of the molecule is CC.CC(=O)Oc1ccccc1C. The third-order valence-electron chi connectivity index (χ3n) is 1.35. The van der Waals surface area contributed by atoms with Crippen LogP contribution in [0.25, 0.3) is 0 Å². The lowest BCUT2D eigenvalue weighted by atomic mass is 10.2. The summed E-state index contributed by atoms with van der Waals surface area (Å²) in [5, 5.41) is 0. The molecule has 0 radical (unpaired) electrons. The van der Waals surface area contributed by atoms with Crippen molar-refractivity contribution in [3.63, 3.8) is 0 Å². The van der Waals surface area contributed by atoms with Crippen LogP contribution in [-0.4, -0.2) is 5.97 Å². The summed E-state index contributed by atoms with van der Waals surface area (Å²) in [6.45, 7) is 7.30. The zero-order chi connectivity index (χ0) is 10.3. The normalized spacial score (nSPS) is 8.31. The third kappa shape index (κ3) is 4.31. The molecule has 2 heteroatoms. The van der Waals surface area contributed by atoms with Gasteiger partial charge in [-0.1, -0.05) is 32.0 Å². The standard InChI is InChI=1S/C9H10O2.C2H6/c1-7-5-3-4-6-9(7)11-8(2)10;1-2/h3-6H,1-2H3;1-2H3. The van der Waals surface area contributed by atoms with Gasteiger partial charge in [0, 0.05) is 6.92 Å². The van der Waals surface area contributed by atoms with E-state index in [0.717, 1.165) is 5.56 Å². The second kappa shape index (κ2) is 6.23. The lowest BCUT2D eigenvalue weighted by molar-refractivity contribution is -0.131. The molecule has 0 spiro atoms. The minimum Gasteiger partial charge on any atom is -0.426 e. The van der Waals surface area contributed by atoms with E-state index >= 15 is 0 Å². The van der Waals surface area contributed by atoms with Crippen LogP contribution in [0.3, 0.4) is 0 Å². The third-order valence-corrected chi connectivity index (χ3v) is 1.35. The Morgan fingerprint density at radius 2 is 1.77 bits per heavy atom. The Labute approximate surface area is 79.5 Å². The van der Waals surface area contributed by atoms with E-state index in [1.54, 1.807) is 6.07 Å². The topological polar surface area (TPSA) is 26.3 Å². The van der Waals surface area contributed by atoms with Crippen molar-refractivity contribution in [2.45, 2.75) is 27.7 Å². The average molecular weight is 180 g/mol. The van der Waals surface area contributed by atoms with E-state index in [0.29, 0.717) is 5.75 Å². The number of benzene rings is 1. The highest BCUT2D eigenvalue weighted by atomic mass is 16.5. The van der Waals surface area contributed by atoms with Crippen molar-refractivity contribution >= 4 is 5.97 Å². The van der Waals surface area contributed by atoms with Crippen molar-refractivity contribution in [3.05, 3.63) is 29.8 Å². The van der Waals surface area contributed by atoms with E-state index in [2.05, 4.69) is 0 Å². The molecule has 2 nitrogen and oxygen atoms in total. The molecule has 0 bridgehead atoms. The molecule has 0 amide bonds. The van der Waals surface area contributed by atoms with E-state index in [1.165, 1.54) is 6.92 Å². The fraction of sp³-hybridized carbons (Fsp3) is 0.364. The number of para-hydroxylation sites is 1. The van der Waals surface area contributed by atoms with Crippen molar-refractivity contribution in [1.29, 1.82) is 0 Å². The first-order valence-electron chi connectivity index (χ1n) is 4.44. The van der Waals surface area contributed by atoms with Gasteiger partial charge in [-0.25, -0.2) is 0 Å². The zero-order valence-corrected chi connectivity index (χ0v) is 8.63. The van der Waals surface area contributed by atoms with Gasteiger partial charge in [0.2, 0.25) is 0 Å². The summed E-state index contributed by atoms with van der Waals surface area (Å²) in [6, 6.07) is 7.42. The Balaban J connectivity index is 0.000000671. The van der Waals surface area contributed by atoms with Gasteiger partial charge in [-0.15, -0.1) is 0 Å². The number of esters is 1. The molecule has 1 rings (SSSR count). The minimum absolute atomic E-state index is 0.278. The predicted octanol–water partition coefficient (Wildman–Crippen LogP) is 2.95. The van der Waals surface area contributed by atoms with E-state index in [1.807, 2.05) is 39.0 Å². The average Bonchev–Trinajstić information content (AvgIpc) is 2.12. The molecule has 0 unspecified atom stereocenters. The van der Waals surface area contributed by atoms with Crippen LogP contribution in [0.1, 0.15) is 26.3 Å². The maximum Gasteiger partial charge on any atom is 0.308 e. The van der Waals surface area contributed by atoms with Crippen LogP contribution in [0.15, 0.2) is 24.3 Å². The minimum atomic E-state index is -0.278. The number of hydrogen-bond donors (Lipinski definition) is 0. The van der Waals surface area contributed by atoms with Crippen molar-refractivity contribution < 1.29 is 9.53 Å². The maximum absolute atomic E-state index is 10.5. The van der Waals surface area contributed by atoms with Crippen LogP contribution >= 0.6 is 0 Å². The molecule has 0 aliphatic carbocycles. The van der Waals surface area contributed by atoms with Gasteiger partial charge in [-0.05, 0) is 18.6 Å². The van der Waals surface area contributed by atoms with E-state index in [4.69, 9.17) is 4.74 Å². The fourth-order valence-corrected chi connectivity index (χ4v) is 0.826. The Morgan fingerprint density at radius 3 is 2.23 bits per heavy atom. The molecule has 0 aliphatic rings. The quantitative estimate of drug-likeness (QED) is 0.490. The van der Waals surface area contributed by atoms with Crippen molar-refractivity contribution in [2.75, 3.05) is 0 Å². The molecule has 72 valence electrons. The molecule has 0 N–H and O–H groups in total. The first kappa shape index (κ1) is 11.7. The lowest BCUT2D eigenvalue weighted by Crippen LogP contribution is -2.02. The van der Waals surface area contributed by atoms with Crippen LogP contribution in [0.5, 0.6) is 5.75 Å². The van der Waals surface area contributed by atoms with E-state index in [-0.39, 0.29) is 5.97 Å². The second-order valence-corrected chi connectivity index (χ2v) is 2.36. The fourth-order valence-electron chi connectivity index (χ4n) is 0.826. The van der Waals surface area contributed by atoms with Gasteiger partial charge in [0.05, 0.1) is 0 Å². The summed E-state index contributed by atoms with van der Waals surface area (Å²) >= 11 is 0. The Hall–Kier alpha value is -1.31. The molecule has 0 heterocycles. The summed E-state index contributed by atoms with van der Waals surface area (Å²) < 4.78 is 4.91. The largest absolute Gasteiger partial charge is 0.426 e. The van der Waals surface area contributed by atoms with Gasteiger partial charge in [-0.2, -0.15) is 0 Å². The molecule has 1 aromatic rings. The van der Waals surface area contributed by atoms with Crippen molar-refractivity contribution in [3.8, 4) is 5.75 Å². The highest BCUT2D eigenvalue weighted by Crippen LogP contribution is 2.15. The van der Waals surface area contributed by atoms with Crippen LogP contribution < -0.4 is 4.74 Å². The van der Waals surface area contributed by atoms with Gasteiger partial charge in [0.25, 0.3) is 0 Å². The number of aryl methyl sites for hydroxylation is 1. The van der Waals surface area contributed by atoms with Crippen LogP contribution in [0, 0.1) is 6.92 Å². The molecule has 0 saturated heterocycles. The summed E-state index contributed by atoms with van der Waals surface area (Å²) in [7, 11) is 0. The molecule has 1 aromatic carbocycles. The number of rotatable bonds is 1.